The largest absolute Gasteiger partial charge is 0.338 e. The first-order valence-corrected chi connectivity index (χ1v) is 8.28. The highest BCUT2D eigenvalue weighted by Gasteiger charge is 2.34. The number of hydrogen-bond donors (Lipinski definition) is 1. The number of amides is 1. The summed E-state index contributed by atoms with van der Waals surface area (Å²) < 4.78 is 0. The molecule has 3 nitrogen and oxygen atoms in total. The van der Waals surface area contributed by atoms with E-state index in [-0.39, 0.29) is 23.9 Å². The number of benzene rings is 1. The van der Waals surface area contributed by atoms with Crippen LogP contribution in [0.15, 0.2) is 24.3 Å². The molecule has 3 atom stereocenters. The molecule has 3 unspecified atom stereocenters. The van der Waals surface area contributed by atoms with Crippen LogP contribution in [0.1, 0.15) is 55.7 Å². The summed E-state index contributed by atoms with van der Waals surface area (Å²) in [7, 11) is 1.97. The summed E-state index contributed by atoms with van der Waals surface area (Å²) in [6.07, 6.45) is 7.62. The van der Waals surface area contributed by atoms with Gasteiger partial charge in [-0.15, -0.1) is 0 Å². The molecule has 0 bridgehead atoms. The van der Waals surface area contributed by atoms with Crippen LogP contribution in [0.3, 0.4) is 0 Å². The molecule has 0 aromatic heterocycles. The van der Waals surface area contributed by atoms with Crippen molar-refractivity contribution in [3.63, 3.8) is 0 Å². The maximum atomic E-state index is 12.9. The van der Waals surface area contributed by atoms with E-state index in [1.54, 1.807) is 0 Å². The van der Waals surface area contributed by atoms with E-state index < -0.39 is 0 Å². The summed E-state index contributed by atoms with van der Waals surface area (Å²) in [5.74, 6) is 0.279. The van der Waals surface area contributed by atoms with Gasteiger partial charge in [0.1, 0.15) is 0 Å². The summed E-state index contributed by atoms with van der Waals surface area (Å²) in [5, 5.41) is 0. The Morgan fingerprint density at radius 3 is 2.71 bits per heavy atom. The molecular formula is C18H26N2O. The fraction of sp³-hybridized carbons (Fsp3) is 0.611. The number of aryl methyl sites for hydroxylation is 1. The van der Waals surface area contributed by atoms with Crippen LogP contribution in [0.2, 0.25) is 0 Å². The first-order valence-electron chi connectivity index (χ1n) is 8.28. The van der Waals surface area contributed by atoms with Crippen molar-refractivity contribution in [1.29, 1.82) is 0 Å². The number of rotatable bonds is 2. The van der Waals surface area contributed by atoms with E-state index in [1.165, 1.54) is 17.5 Å². The van der Waals surface area contributed by atoms with Crippen molar-refractivity contribution in [3.8, 4) is 0 Å². The molecule has 1 aromatic rings. The number of nitrogens with zero attached hydrogens (tertiary/aromatic N) is 1. The molecule has 2 N–H and O–H groups in total. The third kappa shape index (κ3) is 2.84. The topological polar surface area (TPSA) is 46.3 Å². The quantitative estimate of drug-likeness (QED) is 0.908. The number of nitrogens with two attached hydrogens (primary N) is 1. The molecule has 1 aromatic carbocycles. The maximum absolute atomic E-state index is 12.9. The van der Waals surface area contributed by atoms with Gasteiger partial charge in [0.2, 0.25) is 5.91 Å². The van der Waals surface area contributed by atoms with Crippen LogP contribution in [0.25, 0.3) is 0 Å². The minimum atomic E-state index is 0.0258. The zero-order valence-electron chi connectivity index (χ0n) is 12.9. The first-order chi connectivity index (χ1) is 10.2. The average molecular weight is 286 g/mol. The van der Waals surface area contributed by atoms with Gasteiger partial charge in [0, 0.05) is 13.1 Å². The highest BCUT2D eigenvalue weighted by molar-refractivity contribution is 5.80. The Hall–Kier alpha value is -1.35. The van der Waals surface area contributed by atoms with Crippen LogP contribution in [-0.4, -0.2) is 23.9 Å². The molecule has 1 saturated carbocycles. The van der Waals surface area contributed by atoms with E-state index in [4.69, 9.17) is 5.73 Å². The lowest BCUT2D eigenvalue weighted by atomic mass is 9.82. The number of carbonyl (C=O) groups is 1. The zero-order chi connectivity index (χ0) is 14.8. The Morgan fingerprint density at radius 1 is 1.14 bits per heavy atom. The molecule has 0 radical (unpaired) electrons. The van der Waals surface area contributed by atoms with Crippen molar-refractivity contribution in [2.75, 3.05) is 7.05 Å². The van der Waals surface area contributed by atoms with Gasteiger partial charge in [0.05, 0.1) is 12.0 Å². The summed E-state index contributed by atoms with van der Waals surface area (Å²) in [5.41, 5.74) is 8.94. The van der Waals surface area contributed by atoms with Crippen molar-refractivity contribution >= 4 is 5.91 Å². The van der Waals surface area contributed by atoms with Crippen molar-refractivity contribution in [2.45, 2.75) is 57.0 Å². The van der Waals surface area contributed by atoms with Crippen molar-refractivity contribution in [3.05, 3.63) is 35.4 Å². The van der Waals surface area contributed by atoms with Crippen molar-refractivity contribution < 1.29 is 4.79 Å². The number of carbonyl (C=O) groups excluding carboxylic acids is 1. The van der Waals surface area contributed by atoms with Gasteiger partial charge >= 0.3 is 0 Å². The molecule has 1 fully saturated rings. The maximum Gasteiger partial charge on any atom is 0.227 e. The summed E-state index contributed by atoms with van der Waals surface area (Å²) in [6, 6.07) is 8.85. The summed E-state index contributed by atoms with van der Waals surface area (Å²) >= 11 is 0. The lowest BCUT2D eigenvalue weighted by Crippen LogP contribution is -2.45. The minimum Gasteiger partial charge on any atom is -0.338 e. The molecule has 3 heteroatoms. The SMILES string of the molecule is CN(C(=O)C1CCCCC1N)C1CCCc2ccccc21. The molecule has 0 saturated heterocycles. The van der Waals surface area contributed by atoms with E-state index in [1.807, 2.05) is 11.9 Å². The zero-order valence-corrected chi connectivity index (χ0v) is 12.9. The molecule has 3 rings (SSSR count). The van der Waals surface area contributed by atoms with Gasteiger partial charge in [0.15, 0.2) is 0 Å². The Bertz CT molecular complexity index is 514. The number of fused-ring (bicyclic) bond motifs is 1. The molecule has 1 amide bonds. The fourth-order valence-electron chi connectivity index (χ4n) is 4.01. The molecule has 21 heavy (non-hydrogen) atoms. The molecular weight excluding hydrogens is 260 g/mol. The molecule has 2 aliphatic rings. The monoisotopic (exact) mass is 286 g/mol. The summed E-state index contributed by atoms with van der Waals surface area (Å²) in [6.45, 7) is 0. The van der Waals surface area contributed by atoms with Gasteiger partial charge in [-0.2, -0.15) is 0 Å². The van der Waals surface area contributed by atoms with Crippen LogP contribution in [-0.2, 0) is 11.2 Å². The third-order valence-electron chi connectivity index (χ3n) is 5.29. The molecule has 114 valence electrons. The van der Waals surface area contributed by atoms with Crippen molar-refractivity contribution in [2.24, 2.45) is 11.7 Å². The molecule has 0 heterocycles. The standard InChI is InChI=1S/C18H26N2O/c1-20(18(21)15-10-4-5-11-16(15)19)17-12-6-8-13-7-2-3-9-14(13)17/h2-3,7,9,15-17H,4-6,8,10-12,19H2,1H3. The van der Waals surface area contributed by atoms with E-state index in [2.05, 4.69) is 24.3 Å². The predicted molar refractivity (Wildman–Crippen MR) is 84.8 cm³/mol. The third-order valence-corrected chi connectivity index (χ3v) is 5.29. The van der Waals surface area contributed by atoms with Gasteiger partial charge < -0.3 is 10.6 Å². The second kappa shape index (κ2) is 6.18. The average Bonchev–Trinajstić information content (AvgIpc) is 2.53. The Kier molecular flexibility index (Phi) is 4.29. The lowest BCUT2D eigenvalue weighted by Gasteiger charge is -2.37. The second-order valence-corrected chi connectivity index (χ2v) is 6.61. The van der Waals surface area contributed by atoms with Crippen LogP contribution in [0.4, 0.5) is 0 Å². The van der Waals surface area contributed by atoms with E-state index >= 15 is 0 Å². The van der Waals surface area contributed by atoms with Gasteiger partial charge in [-0.05, 0) is 43.2 Å². The van der Waals surface area contributed by atoms with Crippen LogP contribution < -0.4 is 5.73 Å². The Labute approximate surface area is 127 Å². The minimum absolute atomic E-state index is 0.0258. The highest BCUT2D eigenvalue weighted by Crippen LogP contribution is 2.35. The van der Waals surface area contributed by atoms with Gasteiger partial charge in [-0.3, -0.25) is 4.79 Å². The molecule has 2 aliphatic carbocycles. The van der Waals surface area contributed by atoms with Gasteiger partial charge in [-0.25, -0.2) is 0 Å². The van der Waals surface area contributed by atoms with Gasteiger partial charge in [-0.1, -0.05) is 37.1 Å². The smallest absolute Gasteiger partial charge is 0.227 e. The second-order valence-electron chi connectivity index (χ2n) is 6.61. The van der Waals surface area contributed by atoms with Crippen LogP contribution in [0.5, 0.6) is 0 Å². The molecule has 0 spiro atoms. The van der Waals surface area contributed by atoms with E-state index in [0.29, 0.717) is 0 Å². The number of hydrogen-bond acceptors (Lipinski definition) is 2. The lowest BCUT2D eigenvalue weighted by molar-refractivity contribution is -0.138. The van der Waals surface area contributed by atoms with Gasteiger partial charge in [0.25, 0.3) is 0 Å². The molecule has 0 aliphatic heterocycles. The van der Waals surface area contributed by atoms with Crippen LogP contribution in [0, 0.1) is 5.92 Å². The highest BCUT2D eigenvalue weighted by atomic mass is 16.2. The normalized spacial score (nSPS) is 28.8. The first kappa shape index (κ1) is 14.6. The Balaban J connectivity index is 1.79. The van der Waals surface area contributed by atoms with E-state index in [0.717, 1.165) is 38.5 Å². The fourth-order valence-corrected chi connectivity index (χ4v) is 4.01. The van der Waals surface area contributed by atoms with E-state index in [9.17, 15) is 4.79 Å². The van der Waals surface area contributed by atoms with Crippen LogP contribution >= 0.6 is 0 Å². The summed E-state index contributed by atoms with van der Waals surface area (Å²) in [4.78, 5) is 14.8. The van der Waals surface area contributed by atoms with Crippen molar-refractivity contribution in [1.82, 2.24) is 4.90 Å². The Morgan fingerprint density at radius 2 is 1.90 bits per heavy atom. The predicted octanol–water partition coefficient (Wildman–Crippen LogP) is 3.04.